The summed E-state index contributed by atoms with van der Waals surface area (Å²) in [6.45, 7) is 0.285. The fourth-order valence-electron chi connectivity index (χ4n) is 3.34. The highest BCUT2D eigenvalue weighted by molar-refractivity contribution is 6.33. The fraction of sp³-hybridized carbons (Fsp3) is 0.200. The zero-order valence-electron chi connectivity index (χ0n) is 15.6. The van der Waals surface area contributed by atoms with Crippen molar-refractivity contribution < 1.29 is 14.0 Å². The van der Waals surface area contributed by atoms with Crippen molar-refractivity contribution >= 4 is 22.5 Å². The SMILES string of the molecule is O=c1[nH]c2cc3c(cc2c(=O)n1CCCc1nc(-c2ccccc2Cl)no1)OCO3. The second-order valence-electron chi connectivity index (χ2n) is 6.73. The molecule has 5 rings (SSSR count). The van der Waals surface area contributed by atoms with Gasteiger partial charge in [-0.2, -0.15) is 4.98 Å². The lowest BCUT2D eigenvalue weighted by atomic mass is 10.2. The van der Waals surface area contributed by atoms with Gasteiger partial charge in [-0.25, -0.2) is 4.79 Å². The van der Waals surface area contributed by atoms with Gasteiger partial charge in [0.2, 0.25) is 18.5 Å². The lowest BCUT2D eigenvalue weighted by Gasteiger charge is -2.06. The average molecular weight is 427 g/mol. The fourth-order valence-corrected chi connectivity index (χ4v) is 3.56. The zero-order valence-corrected chi connectivity index (χ0v) is 16.3. The summed E-state index contributed by atoms with van der Waals surface area (Å²) in [7, 11) is 0. The minimum atomic E-state index is -0.492. The number of halogens is 1. The number of fused-ring (bicyclic) bond motifs is 2. The quantitative estimate of drug-likeness (QED) is 0.522. The number of hydrogen-bond donors (Lipinski definition) is 1. The molecule has 4 aromatic rings. The molecule has 30 heavy (non-hydrogen) atoms. The first-order valence-electron chi connectivity index (χ1n) is 9.24. The highest BCUT2D eigenvalue weighted by Gasteiger charge is 2.18. The van der Waals surface area contributed by atoms with Gasteiger partial charge in [0.25, 0.3) is 5.56 Å². The molecule has 0 bridgehead atoms. The van der Waals surface area contributed by atoms with Crippen molar-refractivity contribution in [3.63, 3.8) is 0 Å². The first kappa shape index (κ1) is 18.4. The Balaban J connectivity index is 1.35. The van der Waals surface area contributed by atoms with Gasteiger partial charge in [-0.3, -0.25) is 9.36 Å². The van der Waals surface area contributed by atoms with Gasteiger partial charge in [0, 0.05) is 24.6 Å². The summed E-state index contributed by atoms with van der Waals surface area (Å²) in [5.41, 5.74) is 0.199. The number of rotatable bonds is 5. The van der Waals surface area contributed by atoms with Crippen LogP contribution in [0.4, 0.5) is 0 Å². The Hall–Kier alpha value is -3.59. The van der Waals surface area contributed by atoms with Crippen LogP contribution in [0.2, 0.25) is 5.02 Å². The van der Waals surface area contributed by atoms with Crippen LogP contribution in [-0.4, -0.2) is 26.5 Å². The predicted octanol–water partition coefficient (Wildman–Crippen LogP) is 2.75. The van der Waals surface area contributed by atoms with E-state index in [2.05, 4.69) is 15.1 Å². The highest BCUT2D eigenvalue weighted by atomic mass is 35.5. The van der Waals surface area contributed by atoms with Gasteiger partial charge in [-0.15, -0.1) is 0 Å². The van der Waals surface area contributed by atoms with Crippen molar-refractivity contribution in [1.82, 2.24) is 19.7 Å². The summed E-state index contributed by atoms with van der Waals surface area (Å²) in [6, 6.07) is 10.4. The lowest BCUT2D eigenvalue weighted by molar-refractivity contribution is 0.174. The van der Waals surface area contributed by atoms with E-state index in [4.69, 9.17) is 25.6 Å². The zero-order chi connectivity index (χ0) is 20.7. The first-order valence-corrected chi connectivity index (χ1v) is 9.62. The van der Waals surface area contributed by atoms with Crippen LogP contribution in [0.25, 0.3) is 22.3 Å². The molecule has 0 atom stereocenters. The van der Waals surface area contributed by atoms with E-state index in [1.807, 2.05) is 12.1 Å². The van der Waals surface area contributed by atoms with Gasteiger partial charge in [0.1, 0.15) is 0 Å². The minimum Gasteiger partial charge on any atom is -0.454 e. The van der Waals surface area contributed by atoms with Gasteiger partial charge >= 0.3 is 5.69 Å². The Labute approximate surface area is 173 Å². The number of aryl methyl sites for hydroxylation is 1. The Morgan fingerprint density at radius 3 is 2.77 bits per heavy atom. The molecule has 3 heterocycles. The summed E-state index contributed by atoms with van der Waals surface area (Å²) in [6.07, 6.45) is 0.867. The van der Waals surface area contributed by atoms with E-state index in [9.17, 15) is 9.59 Å². The molecule has 152 valence electrons. The number of hydrogen-bond acceptors (Lipinski definition) is 7. The van der Waals surface area contributed by atoms with E-state index < -0.39 is 11.2 Å². The third-order valence-electron chi connectivity index (χ3n) is 4.83. The number of ether oxygens (including phenoxy) is 2. The van der Waals surface area contributed by atoms with E-state index in [-0.39, 0.29) is 13.3 Å². The molecule has 0 radical (unpaired) electrons. The number of aromatic amines is 1. The largest absolute Gasteiger partial charge is 0.454 e. The van der Waals surface area contributed by atoms with Crippen LogP contribution in [-0.2, 0) is 13.0 Å². The molecule has 9 nitrogen and oxygen atoms in total. The molecule has 10 heteroatoms. The molecule has 0 unspecified atom stereocenters. The molecule has 1 aliphatic rings. The van der Waals surface area contributed by atoms with E-state index in [1.54, 1.807) is 24.3 Å². The number of benzene rings is 2. The second kappa shape index (κ2) is 7.34. The summed E-state index contributed by atoms with van der Waals surface area (Å²) >= 11 is 6.16. The normalized spacial score (nSPS) is 12.6. The molecule has 1 N–H and O–H groups in total. The standard InChI is InChI=1S/C20H15ClN4O5/c21-13-5-2-1-4-11(13)18-23-17(30-24-18)6-3-7-25-19(26)12-8-15-16(29-10-28-15)9-14(12)22-20(25)27/h1-2,4-5,8-9H,3,6-7,10H2,(H,22,27). The number of nitrogens with one attached hydrogen (secondary N) is 1. The maximum Gasteiger partial charge on any atom is 0.328 e. The molecular weight excluding hydrogens is 412 g/mol. The summed E-state index contributed by atoms with van der Waals surface area (Å²) < 4.78 is 17.0. The van der Waals surface area contributed by atoms with Crippen molar-refractivity contribution in [1.29, 1.82) is 0 Å². The Kier molecular flexibility index (Phi) is 4.51. The monoisotopic (exact) mass is 426 g/mol. The maximum atomic E-state index is 12.8. The highest BCUT2D eigenvalue weighted by Crippen LogP contribution is 2.34. The van der Waals surface area contributed by atoms with E-state index in [1.165, 1.54) is 0 Å². The Morgan fingerprint density at radius 1 is 1.13 bits per heavy atom. The van der Waals surface area contributed by atoms with Crippen molar-refractivity contribution in [3.8, 4) is 22.9 Å². The van der Waals surface area contributed by atoms with Crippen molar-refractivity contribution in [2.45, 2.75) is 19.4 Å². The molecule has 0 amide bonds. The molecule has 0 saturated heterocycles. The summed E-state index contributed by atoms with van der Waals surface area (Å²) in [5, 5.41) is 4.84. The van der Waals surface area contributed by atoms with Crippen LogP contribution >= 0.6 is 11.6 Å². The Morgan fingerprint density at radius 2 is 1.93 bits per heavy atom. The van der Waals surface area contributed by atoms with Crippen molar-refractivity contribution in [3.05, 3.63) is 68.1 Å². The van der Waals surface area contributed by atoms with Crippen LogP contribution in [0.3, 0.4) is 0 Å². The van der Waals surface area contributed by atoms with Crippen molar-refractivity contribution in [2.75, 3.05) is 6.79 Å². The third-order valence-corrected chi connectivity index (χ3v) is 5.16. The minimum absolute atomic E-state index is 0.0877. The van der Waals surface area contributed by atoms with E-state index in [0.29, 0.717) is 57.5 Å². The third kappa shape index (κ3) is 3.22. The van der Waals surface area contributed by atoms with E-state index >= 15 is 0 Å². The van der Waals surface area contributed by atoms with Crippen molar-refractivity contribution in [2.24, 2.45) is 0 Å². The number of aromatic nitrogens is 4. The molecule has 0 aliphatic carbocycles. The Bertz CT molecular complexity index is 1370. The smallest absolute Gasteiger partial charge is 0.328 e. The molecule has 1 aliphatic heterocycles. The van der Waals surface area contributed by atoms with Crippen LogP contribution in [0.5, 0.6) is 11.5 Å². The average Bonchev–Trinajstić information content (AvgIpc) is 3.38. The topological polar surface area (TPSA) is 112 Å². The van der Waals surface area contributed by atoms with Gasteiger partial charge in [0.15, 0.2) is 11.5 Å². The number of nitrogens with zero attached hydrogens (tertiary/aromatic N) is 3. The molecule has 2 aromatic heterocycles. The predicted molar refractivity (Wildman–Crippen MR) is 108 cm³/mol. The van der Waals surface area contributed by atoms with Crippen LogP contribution in [0.1, 0.15) is 12.3 Å². The van der Waals surface area contributed by atoms with Crippen LogP contribution in [0, 0.1) is 0 Å². The van der Waals surface area contributed by atoms with E-state index in [0.717, 1.165) is 4.57 Å². The summed E-state index contributed by atoms with van der Waals surface area (Å²) in [5.74, 6) is 1.78. The maximum absolute atomic E-state index is 12.8. The second-order valence-corrected chi connectivity index (χ2v) is 7.14. The van der Waals surface area contributed by atoms with Crippen LogP contribution < -0.4 is 20.7 Å². The van der Waals surface area contributed by atoms with Gasteiger partial charge in [-0.05, 0) is 24.6 Å². The van der Waals surface area contributed by atoms with Gasteiger partial charge < -0.3 is 19.0 Å². The van der Waals surface area contributed by atoms with Gasteiger partial charge in [0.05, 0.1) is 15.9 Å². The first-order chi connectivity index (χ1) is 14.6. The molecule has 0 spiro atoms. The lowest BCUT2D eigenvalue weighted by Crippen LogP contribution is -2.35. The van der Waals surface area contributed by atoms with Gasteiger partial charge in [-0.1, -0.05) is 28.9 Å². The molecule has 0 saturated carbocycles. The van der Waals surface area contributed by atoms with Crippen LogP contribution in [0.15, 0.2) is 50.5 Å². The molecule has 2 aromatic carbocycles. The summed E-state index contributed by atoms with van der Waals surface area (Å²) in [4.78, 5) is 32.2. The molecular formula is C20H15ClN4O5. The molecule has 0 fully saturated rings. The number of H-pyrrole nitrogens is 1.